The second-order valence-corrected chi connectivity index (χ2v) is 5.95. The van der Waals surface area contributed by atoms with Gasteiger partial charge in [0.2, 0.25) is 5.91 Å². The van der Waals surface area contributed by atoms with Gasteiger partial charge < -0.3 is 20.1 Å². The van der Waals surface area contributed by atoms with Crippen LogP contribution in [-0.4, -0.2) is 32.6 Å². The van der Waals surface area contributed by atoms with Gasteiger partial charge in [-0.1, -0.05) is 17.7 Å². The number of hydrogen-bond acceptors (Lipinski definition) is 4. The molecule has 0 spiro atoms. The first-order valence-corrected chi connectivity index (χ1v) is 8.30. The van der Waals surface area contributed by atoms with Crippen molar-refractivity contribution in [2.75, 3.05) is 20.8 Å². The molecule has 0 heterocycles. The third kappa shape index (κ3) is 4.99. The summed E-state index contributed by atoms with van der Waals surface area (Å²) >= 11 is 0. The van der Waals surface area contributed by atoms with E-state index in [1.807, 2.05) is 32.0 Å². The molecule has 1 atom stereocenters. The number of rotatable bonds is 7. The molecule has 2 aromatic rings. The summed E-state index contributed by atoms with van der Waals surface area (Å²) in [6.45, 7) is 3.68. The molecule has 2 aromatic carbocycles. The third-order valence-corrected chi connectivity index (χ3v) is 4.00. The lowest BCUT2D eigenvalue weighted by Gasteiger charge is -2.18. The molecule has 0 unspecified atom stereocenters. The van der Waals surface area contributed by atoms with Crippen LogP contribution in [0, 0.1) is 6.92 Å². The minimum absolute atomic E-state index is 0.108. The van der Waals surface area contributed by atoms with Gasteiger partial charge in [-0.05, 0) is 44.2 Å². The van der Waals surface area contributed by atoms with Crippen molar-refractivity contribution >= 4 is 11.8 Å². The van der Waals surface area contributed by atoms with Crippen molar-refractivity contribution in [3.05, 3.63) is 59.2 Å². The van der Waals surface area contributed by atoms with E-state index in [9.17, 15) is 9.59 Å². The number of amides is 2. The van der Waals surface area contributed by atoms with Crippen LogP contribution in [0.4, 0.5) is 0 Å². The van der Waals surface area contributed by atoms with Crippen molar-refractivity contribution < 1.29 is 19.1 Å². The van der Waals surface area contributed by atoms with Crippen LogP contribution >= 0.6 is 0 Å². The van der Waals surface area contributed by atoms with Crippen molar-refractivity contribution in [2.45, 2.75) is 19.9 Å². The van der Waals surface area contributed by atoms with Crippen LogP contribution in [0.15, 0.2) is 42.5 Å². The number of methoxy groups -OCH3 is 2. The number of aryl methyl sites for hydroxylation is 1. The highest BCUT2D eigenvalue weighted by atomic mass is 16.5. The number of ether oxygens (including phenoxy) is 2. The summed E-state index contributed by atoms with van der Waals surface area (Å²) in [5, 5.41) is 5.47. The number of carbonyl (C=O) groups excluding carboxylic acids is 2. The highest BCUT2D eigenvalue weighted by Crippen LogP contribution is 2.29. The second kappa shape index (κ2) is 8.89. The zero-order chi connectivity index (χ0) is 19.1. The van der Waals surface area contributed by atoms with Crippen LogP contribution in [0.2, 0.25) is 0 Å². The fourth-order valence-electron chi connectivity index (χ4n) is 2.52. The normalized spacial score (nSPS) is 11.4. The minimum atomic E-state index is -0.302. The topological polar surface area (TPSA) is 76.7 Å². The molecule has 0 aromatic heterocycles. The number of carbonyl (C=O) groups is 2. The number of nitrogens with one attached hydrogen (secondary N) is 2. The molecule has 0 bridgehead atoms. The highest BCUT2D eigenvalue weighted by molar-refractivity contribution is 5.96. The number of benzene rings is 2. The lowest BCUT2D eigenvalue weighted by Crippen LogP contribution is -2.38. The Hall–Kier alpha value is -3.02. The van der Waals surface area contributed by atoms with Gasteiger partial charge in [-0.3, -0.25) is 9.59 Å². The molecule has 6 nitrogen and oxygen atoms in total. The molecule has 138 valence electrons. The van der Waals surface area contributed by atoms with E-state index in [0.29, 0.717) is 17.1 Å². The van der Waals surface area contributed by atoms with Crippen LogP contribution in [0.25, 0.3) is 0 Å². The van der Waals surface area contributed by atoms with E-state index in [4.69, 9.17) is 9.47 Å². The van der Waals surface area contributed by atoms with Gasteiger partial charge in [-0.25, -0.2) is 0 Å². The highest BCUT2D eigenvalue weighted by Gasteiger charge is 2.16. The lowest BCUT2D eigenvalue weighted by molar-refractivity contribution is -0.120. The zero-order valence-corrected chi connectivity index (χ0v) is 15.5. The summed E-state index contributed by atoms with van der Waals surface area (Å²) in [6.07, 6.45) is 0. The Kier molecular flexibility index (Phi) is 6.60. The molecule has 0 fully saturated rings. The van der Waals surface area contributed by atoms with Gasteiger partial charge in [-0.15, -0.1) is 0 Å². The van der Waals surface area contributed by atoms with E-state index < -0.39 is 0 Å². The monoisotopic (exact) mass is 356 g/mol. The van der Waals surface area contributed by atoms with E-state index in [-0.39, 0.29) is 24.4 Å². The Balaban J connectivity index is 1.95. The van der Waals surface area contributed by atoms with Crippen molar-refractivity contribution in [1.29, 1.82) is 0 Å². The van der Waals surface area contributed by atoms with Gasteiger partial charge in [0.15, 0.2) is 0 Å². The van der Waals surface area contributed by atoms with Crippen molar-refractivity contribution in [3.63, 3.8) is 0 Å². The van der Waals surface area contributed by atoms with Gasteiger partial charge in [0.25, 0.3) is 5.91 Å². The van der Waals surface area contributed by atoms with Crippen LogP contribution in [0.3, 0.4) is 0 Å². The van der Waals surface area contributed by atoms with E-state index in [2.05, 4.69) is 10.6 Å². The Morgan fingerprint density at radius 2 is 1.73 bits per heavy atom. The zero-order valence-electron chi connectivity index (χ0n) is 15.5. The third-order valence-electron chi connectivity index (χ3n) is 4.00. The maximum absolute atomic E-state index is 12.2. The molecule has 0 aliphatic carbocycles. The fraction of sp³-hybridized carbons (Fsp3) is 0.300. The second-order valence-electron chi connectivity index (χ2n) is 5.95. The Labute approximate surface area is 153 Å². The Bertz CT molecular complexity index is 772. The molecule has 2 rings (SSSR count). The van der Waals surface area contributed by atoms with Gasteiger partial charge in [0, 0.05) is 11.1 Å². The molecule has 2 amide bonds. The predicted octanol–water partition coefficient (Wildman–Crippen LogP) is 2.62. The molecule has 6 heteroatoms. The van der Waals surface area contributed by atoms with Crippen LogP contribution < -0.4 is 20.1 Å². The van der Waals surface area contributed by atoms with Crippen LogP contribution in [0.1, 0.15) is 34.5 Å². The summed E-state index contributed by atoms with van der Waals surface area (Å²) in [4.78, 5) is 24.2. The molecule has 0 aliphatic rings. The van der Waals surface area contributed by atoms with E-state index in [1.165, 1.54) is 0 Å². The maximum atomic E-state index is 12.2. The Morgan fingerprint density at radius 3 is 2.35 bits per heavy atom. The fourth-order valence-corrected chi connectivity index (χ4v) is 2.52. The van der Waals surface area contributed by atoms with Gasteiger partial charge in [-0.2, -0.15) is 0 Å². The van der Waals surface area contributed by atoms with Gasteiger partial charge >= 0.3 is 0 Å². The molecule has 2 N–H and O–H groups in total. The minimum Gasteiger partial charge on any atom is -0.497 e. The summed E-state index contributed by atoms with van der Waals surface area (Å²) in [5.41, 5.74) is 2.39. The van der Waals surface area contributed by atoms with Crippen LogP contribution in [-0.2, 0) is 4.79 Å². The predicted molar refractivity (Wildman–Crippen MR) is 99.6 cm³/mol. The lowest BCUT2D eigenvalue weighted by atomic mass is 10.1. The largest absolute Gasteiger partial charge is 0.497 e. The molecular formula is C20H24N2O4. The van der Waals surface area contributed by atoms with E-state index >= 15 is 0 Å². The molecule has 0 saturated carbocycles. The quantitative estimate of drug-likeness (QED) is 0.800. The first-order chi connectivity index (χ1) is 12.4. The molecular weight excluding hydrogens is 332 g/mol. The average molecular weight is 356 g/mol. The smallest absolute Gasteiger partial charge is 0.251 e. The molecule has 0 saturated heterocycles. The molecule has 0 aliphatic heterocycles. The summed E-state index contributed by atoms with van der Waals surface area (Å²) in [6, 6.07) is 12.3. The van der Waals surface area contributed by atoms with Crippen molar-refractivity contribution in [1.82, 2.24) is 10.6 Å². The average Bonchev–Trinajstić information content (AvgIpc) is 2.66. The van der Waals surface area contributed by atoms with E-state index in [0.717, 1.165) is 11.1 Å². The van der Waals surface area contributed by atoms with Gasteiger partial charge in [0.1, 0.15) is 11.5 Å². The standard InChI is InChI=1S/C20H24N2O4/c1-13-5-7-15(8-6-13)20(24)21-12-19(23)22-14(2)17-11-16(25-3)9-10-18(17)26-4/h5-11,14H,12H2,1-4H3,(H,21,24)(H,22,23)/t14-/m0/s1. The SMILES string of the molecule is COc1ccc(OC)c([C@H](C)NC(=O)CNC(=O)c2ccc(C)cc2)c1. The van der Waals surface area contributed by atoms with Gasteiger partial charge in [0.05, 0.1) is 26.8 Å². The Morgan fingerprint density at radius 1 is 1.04 bits per heavy atom. The number of hydrogen-bond donors (Lipinski definition) is 2. The first-order valence-electron chi connectivity index (χ1n) is 8.30. The van der Waals surface area contributed by atoms with Crippen LogP contribution in [0.5, 0.6) is 11.5 Å². The van der Waals surface area contributed by atoms with E-state index in [1.54, 1.807) is 38.5 Å². The molecule has 26 heavy (non-hydrogen) atoms. The summed E-state index contributed by atoms with van der Waals surface area (Å²) in [7, 11) is 3.15. The van der Waals surface area contributed by atoms with Crippen molar-refractivity contribution in [3.8, 4) is 11.5 Å². The summed E-state index contributed by atoms with van der Waals surface area (Å²) < 4.78 is 10.6. The first kappa shape index (κ1) is 19.3. The summed E-state index contributed by atoms with van der Waals surface area (Å²) in [5.74, 6) is 0.756. The molecule has 0 radical (unpaired) electrons. The maximum Gasteiger partial charge on any atom is 0.251 e. The van der Waals surface area contributed by atoms with Crippen molar-refractivity contribution in [2.24, 2.45) is 0 Å².